The number of nitrogens with zero attached hydrogens (tertiary/aromatic N) is 1. The fourth-order valence-corrected chi connectivity index (χ4v) is 3.27. The molecule has 2 heterocycles. The minimum Gasteiger partial charge on any atom is -0.445 e. The fourth-order valence-electron chi connectivity index (χ4n) is 3.27. The van der Waals surface area contributed by atoms with E-state index in [1.165, 1.54) is 0 Å². The minimum atomic E-state index is -0.450. The molecule has 5 nitrogen and oxygen atoms in total. The quantitative estimate of drug-likeness (QED) is 0.911. The average Bonchev–Trinajstić information content (AvgIpc) is 2.57. The minimum absolute atomic E-state index is 0.288. The number of likely N-dealkylation sites (tertiary alicyclic amines) is 1. The second kappa shape index (κ2) is 6.67. The largest absolute Gasteiger partial charge is 0.445 e. The van der Waals surface area contributed by atoms with Crippen molar-refractivity contribution >= 4 is 6.09 Å². The molecule has 120 valence electrons. The standard InChI is InChI=1S/C17H23NO4/c19-15-7-4-12-22-17(15)8-10-18(11-9-17)16(20)21-13-14-5-2-1-3-6-14/h1-3,5-6,15,19H,4,7-13H2/t15-/m0/s1. The van der Waals surface area contributed by atoms with Crippen LogP contribution in [0.25, 0.3) is 0 Å². The van der Waals surface area contributed by atoms with Gasteiger partial charge < -0.3 is 19.5 Å². The summed E-state index contributed by atoms with van der Waals surface area (Å²) in [5.41, 5.74) is 0.532. The zero-order valence-electron chi connectivity index (χ0n) is 12.7. The summed E-state index contributed by atoms with van der Waals surface area (Å²) in [6.45, 7) is 2.14. The van der Waals surface area contributed by atoms with E-state index >= 15 is 0 Å². The van der Waals surface area contributed by atoms with Crippen molar-refractivity contribution in [3.8, 4) is 0 Å². The Kier molecular flexibility index (Phi) is 4.64. The van der Waals surface area contributed by atoms with E-state index < -0.39 is 11.7 Å². The van der Waals surface area contributed by atoms with Gasteiger partial charge in [-0.2, -0.15) is 0 Å². The molecular weight excluding hydrogens is 282 g/mol. The molecule has 2 aliphatic heterocycles. The lowest BCUT2D eigenvalue weighted by atomic mass is 9.82. The normalized spacial score (nSPS) is 24.2. The van der Waals surface area contributed by atoms with Gasteiger partial charge in [0.2, 0.25) is 0 Å². The van der Waals surface area contributed by atoms with Gasteiger partial charge in [0.05, 0.1) is 11.7 Å². The summed E-state index contributed by atoms with van der Waals surface area (Å²) in [5.74, 6) is 0. The van der Waals surface area contributed by atoms with Gasteiger partial charge in [-0.15, -0.1) is 0 Å². The molecule has 0 radical (unpaired) electrons. The van der Waals surface area contributed by atoms with E-state index in [2.05, 4.69) is 0 Å². The number of hydrogen-bond donors (Lipinski definition) is 1. The monoisotopic (exact) mass is 305 g/mol. The SMILES string of the molecule is O=C(OCc1ccccc1)N1CCC2(CC1)OCCC[C@@H]2O. The van der Waals surface area contributed by atoms with Crippen LogP contribution in [0, 0.1) is 0 Å². The molecule has 5 heteroatoms. The number of aliphatic hydroxyl groups excluding tert-OH is 1. The van der Waals surface area contributed by atoms with Crippen LogP contribution in [-0.4, -0.2) is 47.5 Å². The lowest BCUT2D eigenvalue weighted by molar-refractivity contribution is -0.174. The summed E-state index contributed by atoms with van der Waals surface area (Å²) in [5, 5.41) is 10.2. The van der Waals surface area contributed by atoms with Crippen LogP contribution in [0.4, 0.5) is 4.79 Å². The first kappa shape index (κ1) is 15.3. The molecule has 2 aliphatic rings. The van der Waals surface area contributed by atoms with E-state index in [1.807, 2.05) is 30.3 Å². The first-order valence-corrected chi connectivity index (χ1v) is 7.97. The number of benzene rings is 1. The third kappa shape index (κ3) is 3.25. The maximum atomic E-state index is 12.1. The van der Waals surface area contributed by atoms with Crippen LogP contribution >= 0.6 is 0 Å². The third-order valence-corrected chi connectivity index (χ3v) is 4.69. The number of amides is 1. The van der Waals surface area contributed by atoms with Crippen molar-refractivity contribution in [1.82, 2.24) is 4.90 Å². The zero-order valence-corrected chi connectivity index (χ0v) is 12.7. The van der Waals surface area contributed by atoms with Crippen LogP contribution in [-0.2, 0) is 16.1 Å². The maximum absolute atomic E-state index is 12.1. The molecule has 22 heavy (non-hydrogen) atoms. The highest BCUT2D eigenvalue weighted by molar-refractivity contribution is 5.67. The van der Waals surface area contributed by atoms with Crippen molar-refractivity contribution in [3.63, 3.8) is 0 Å². The maximum Gasteiger partial charge on any atom is 0.410 e. The number of piperidine rings is 1. The predicted octanol–water partition coefficient (Wildman–Crippen LogP) is 2.33. The second-order valence-electron chi connectivity index (χ2n) is 6.10. The Labute approximate surface area is 130 Å². The number of carbonyl (C=O) groups is 1. The Morgan fingerprint density at radius 1 is 1.32 bits per heavy atom. The fraction of sp³-hybridized carbons (Fsp3) is 0.588. The van der Waals surface area contributed by atoms with Crippen LogP contribution in [0.15, 0.2) is 30.3 Å². The van der Waals surface area contributed by atoms with Gasteiger partial charge in [-0.3, -0.25) is 0 Å². The molecular formula is C17H23NO4. The Morgan fingerprint density at radius 3 is 2.73 bits per heavy atom. The molecule has 1 spiro atoms. The molecule has 2 saturated heterocycles. The van der Waals surface area contributed by atoms with E-state index in [0.29, 0.717) is 39.1 Å². The zero-order chi connectivity index (χ0) is 15.4. The summed E-state index contributed by atoms with van der Waals surface area (Å²) >= 11 is 0. The predicted molar refractivity (Wildman–Crippen MR) is 81.4 cm³/mol. The van der Waals surface area contributed by atoms with Crippen LogP contribution in [0.1, 0.15) is 31.2 Å². The van der Waals surface area contributed by atoms with Crippen molar-refractivity contribution in [2.45, 2.75) is 44.0 Å². The first-order valence-electron chi connectivity index (χ1n) is 7.97. The van der Waals surface area contributed by atoms with Crippen LogP contribution in [0.2, 0.25) is 0 Å². The molecule has 1 N–H and O–H groups in total. The Hall–Kier alpha value is -1.59. The highest BCUT2D eigenvalue weighted by atomic mass is 16.6. The molecule has 1 atom stereocenters. The van der Waals surface area contributed by atoms with E-state index in [-0.39, 0.29) is 6.09 Å². The lowest BCUT2D eigenvalue weighted by Crippen LogP contribution is -2.56. The number of rotatable bonds is 2. The van der Waals surface area contributed by atoms with Crippen molar-refractivity contribution in [3.05, 3.63) is 35.9 Å². The molecule has 0 aliphatic carbocycles. The van der Waals surface area contributed by atoms with Gasteiger partial charge in [-0.25, -0.2) is 4.79 Å². The highest BCUT2D eigenvalue weighted by Gasteiger charge is 2.44. The highest BCUT2D eigenvalue weighted by Crippen LogP contribution is 2.35. The smallest absolute Gasteiger partial charge is 0.410 e. The van der Waals surface area contributed by atoms with Gasteiger partial charge in [0.25, 0.3) is 0 Å². The molecule has 1 aromatic rings. The van der Waals surface area contributed by atoms with E-state index in [4.69, 9.17) is 9.47 Å². The molecule has 0 bridgehead atoms. The molecule has 0 unspecified atom stereocenters. The Morgan fingerprint density at radius 2 is 2.05 bits per heavy atom. The second-order valence-corrected chi connectivity index (χ2v) is 6.10. The van der Waals surface area contributed by atoms with Crippen molar-refractivity contribution < 1.29 is 19.4 Å². The number of aliphatic hydroxyl groups is 1. The molecule has 0 saturated carbocycles. The van der Waals surface area contributed by atoms with E-state index in [0.717, 1.165) is 18.4 Å². The number of hydrogen-bond acceptors (Lipinski definition) is 4. The van der Waals surface area contributed by atoms with Crippen LogP contribution in [0.5, 0.6) is 0 Å². The summed E-state index contributed by atoms with van der Waals surface area (Å²) < 4.78 is 11.2. The molecule has 0 aromatic heterocycles. The Balaban J connectivity index is 1.49. The van der Waals surface area contributed by atoms with Crippen molar-refractivity contribution in [1.29, 1.82) is 0 Å². The van der Waals surface area contributed by atoms with Gasteiger partial charge in [0.1, 0.15) is 6.61 Å². The third-order valence-electron chi connectivity index (χ3n) is 4.69. The van der Waals surface area contributed by atoms with Crippen LogP contribution in [0.3, 0.4) is 0 Å². The first-order chi connectivity index (χ1) is 10.7. The van der Waals surface area contributed by atoms with Crippen molar-refractivity contribution in [2.24, 2.45) is 0 Å². The molecule has 3 rings (SSSR count). The van der Waals surface area contributed by atoms with Crippen LogP contribution < -0.4 is 0 Å². The summed E-state index contributed by atoms with van der Waals surface area (Å²) in [6.07, 6.45) is 2.35. The summed E-state index contributed by atoms with van der Waals surface area (Å²) in [7, 11) is 0. The molecule has 1 aromatic carbocycles. The van der Waals surface area contributed by atoms with Gasteiger partial charge >= 0.3 is 6.09 Å². The van der Waals surface area contributed by atoms with Crippen molar-refractivity contribution in [2.75, 3.05) is 19.7 Å². The average molecular weight is 305 g/mol. The topological polar surface area (TPSA) is 59.0 Å². The molecule has 1 amide bonds. The molecule has 2 fully saturated rings. The van der Waals surface area contributed by atoms with Gasteiger partial charge in [-0.05, 0) is 31.2 Å². The number of ether oxygens (including phenoxy) is 2. The summed E-state index contributed by atoms with van der Waals surface area (Å²) in [4.78, 5) is 13.8. The summed E-state index contributed by atoms with van der Waals surface area (Å²) in [6, 6.07) is 9.66. The number of carbonyl (C=O) groups excluding carboxylic acids is 1. The lowest BCUT2D eigenvalue weighted by Gasteiger charge is -2.46. The van der Waals surface area contributed by atoms with Gasteiger partial charge in [0.15, 0.2) is 0 Å². The van der Waals surface area contributed by atoms with Gasteiger partial charge in [-0.1, -0.05) is 30.3 Å². The van der Waals surface area contributed by atoms with Gasteiger partial charge in [0, 0.05) is 19.7 Å². The van der Waals surface area contributed by atoms with E-state index in [9.17, 15) is 9.90 Å². The van der Waals surface area contributed by atoms with E-state index in [1.54, 1.807) is 4.90 Å². The Bertz CT molecular complexity index is 497.